The van der Waals surface area contributed by atoms with Gasteiger partial charge in [0, 0.05) is 45.2 Å². The Bertz CT molecular complexity index is 3350. The first-order valence-electron chi connectivity index (χ1n) is 18.9. The van der Waals surface area contributed by atoms with Gasteiger partial charge in [-0.25, -0.2) is 4.99 Å². The molecule has 56 heavy (non-hydrogen) atoms. The molecule has 3 heterocycles. The van der Waals surface area contributed by atoms with Crippen LogP contribution in [-0.4, -0.2) is 27.9 Å². The number of benzene rings is 8. The van der Waals surface area contributed by atoms with Crippen molar-refractivity contribution in [2.45, 2.75) is 0 Å². The molecule has 5 nitrogen and oxygen atoms in total. The minimum atomic E-state index is 0.635. The standard InChI is InChI=1S/C51H34N4O/c1-52-50(34-19-7-3-8-20-34)53-51(55-43-27-15-13-26-41(43)47-44(55)30-29-40-38-24-14-16-28-46(38)56-49(40)47)45-32-35-31-42(33-17-5-2-6-18-33)37-23-11-12-25-39(37)48(35)54(45)36-21-9-4-10-22-36/h2-32H,1H3. The van der Waals surface area contributed by atoms with Crippen LogP contribution < -0.4 is 0 Å². The third-order valence-corrected chi connectivity index (χ3v) is 11.0. The average Bonchev–Trinajstić information content (AvgIpc) is 3.95. The number of amidine groups is 1. The van der Waals surface area contributed by atoms with Crippen LogP contribution >= 0.6 is 0 Å². The number of para-hydroxylation sites is 3. The predicted octanol–water partition coefficient (Wildman–Crippen LogP) is 12.8. The molecule has 3 aromatic heterocycles. The van der Waals surface area contributed by atoms with Crippen LogP contribution in [0.1, 0.15) is 11.3 Å². The van der Waals surface area contributed by atoms with Crippen LogP contribution in [0.3, 0.4) is 0 Å². The minimum Gasteiger partial charge on any atom is -0.455 e. The van der Waals surface area contributed by atoms with Gasteiger partial charge in [0.1, 0.15) is 11.2 Å². The molecule has 0 aliphatic carbocycles. The summed E-state index contributed by atoms with van der Waals surface area (Å²) in [5.41, 5.74) is 10.2. The van der Waals surface area contributed by atoms with Crippen molar-refractivity contribution in [3.63, 3.8) is 0 Å². The van der Waals surface area contributed by atoms with Crippen molar-refractivity contribution in [2.24, 2.45) is 9.98 Å². The number of aromatic nitrogens is 2. The zero-order chi connectivity index (χ0) is 37.2. The Kier molecular flexibility index (Phi) is 7.32. The van der Waals surface area contributed by atoms with Gasteiger partial charge in [-0.3, -0.25) is 9.56 Å². The summed E-state index contributed by atoms with van der Waals surface area (Å²) in [6.45, 7) is 0. The Labute approximate surface area is 322 Å². The molecule has 0 N–H and O–H groups in total. The van der Waals surface area contributed by atoms with Crippen molar-refractivity contribution in [1.29, 1.82) is 0 Å². The van der Waals surface area contributed by atoms with Crippen LogP contribution in [0.15, 0.2) is 202 Å². The van der Waals surface area contributed by atoms with Gasteiger partial charge in [0.05, 0.1) is 27.6 Å². The third kappa shape index (κ3) is 4.88. The highest BCUT2D eigenvalue weighted by Gasteiger charge is 2.26. The molecule has 8 aromatic carbocycles. The van der Waals surface area contributed by atoms with Crippen molar-refractivity contribution < 1.29 is 4.42 Å². The Morgan fingerprint density at radius 3 is 1.95 bits per heavy atom. The summed E-state index contributed by atoms with van der Waals surface area (Å²) in [6.07, 6.45) is 0. The molecule has 5 heteroatoms. The van der Waals surface area contributed by atoms with Crippen molar-refractivity contribution in [3.8, 4) is 16.8 Å². The van der Waals surface area contributed by atoms with Crippen LogP contribution in [0.5, 0.6) is 0 Å². The molecule has 0 bridgehead atoms. The highest BCUT2D eigenvalue weighted by atomic mass is 16.3. The summed E-state index contributed by atoms with van der Waals surface area (Å²) in [5, 5.41) is 7.80. The van der Waals surface area contributed by atoms with Crippen LogP contribution in [0.2, 0.25) is 0 Å². The van der Waals surface area contributed by atoms with Crippen LogP contribution in [-0.2, 0) is 0 Å². The maximum atomic E-state index is 6.71. The van der Waals surface area contributed by atoms with Gasteiger partial charge in [-0.2, -0.15) is 0 Å². The van der Waals surface area contributed by atoms with Crippen LogP contribution in [0, 0.1) is 0 Å². The number of nitrogens with zero attached hydrogens (tertiary/aromatic N) is 4. The van der Waals surface area contributed by atoms with Gasteiger partial charge in [-0.15, -0.1) is 0 Å². The first-order chi connectivity index (χ1) is 27.8. The lowest BCUT2D eigenvalue weighted by atomic mass is 9.96. The molecule has 0 amide bonds. The lowest BCUT2D eigenvalue weighted by molar-refractivity contribution is 0.673. The smallest absolute Gasteiger partial charge is 0.164 e. The first kappa shape index (κ1) is 32.0. The molecular weight excluding hydrogens is 685 g/mol. The molecule has 0 radical (unpaired) electrons. The number of hydrogen-bond acceptors (Lipinski definition) is 2. The van der Waals surface area contributed by atoms with Gasteiger partial charge in [0.25, 0.3) is 0 Å². The minimum absolute atomic E-state index is 0.635. The van der Waals surface area contributed by atoms with E-state index in [-0.39, 0.29) is 0 Å². The Balaban J connectivity index is 1.31. The van der Waals surface area contributed by atoms with E-state index in [4.69, 9.17) is 14.4 Å². The maximum Gasteiger partial charge on any atom is 0.164 e. The molecule has 0 fully saturated rings. The second-order valence-corrected chi connectivity index (χ2v) is 14.1. The van der Waals surface area contributed by atoms with E-state index in [1.54, 1.807) is 0 Å². The summed E-state index contributed by atoms with van der Waals surface area (Å²) >= 11 is 0. The molecule has 0 saturated carbocycles. The van der Waals surface area contributed by atoms with Crippen molar-refractivity contribution in [1.82, 2.24) is 9.13 Å². The summed E-state index contributed by atoms with van der Waals surface area (Å²) in [6, 6.07) is 66.2. The maximum absolute atomic E-state index is 6.71. The van der Waals surface area contributed by atoms with Gasteiger partial charge >= 0.3 is 0 Å². The summed E-state index contributed by atoms with van der Waals surface area (Å²) in [7, 11) is 1.82. The number of rotatable bonds is 4. The molecule has 0 unspecified atom stereocenters. The van der Waals surface area contributed by atoms with E-state index in [0.717, 1.165) is 82.8 Å². The zero-order valence-electron chi connectivity index (χ0n) is 30.6. The quantitative estimate of drug-likeness (QED) is 0.132. The fraction of sp³-hybridized carbons (Fsp3) is 0.0196. The molecule has 11 aromatic rings. The topological polar surface area (TPSA) is 47.7 Å². The molecule has 0 aliphatic rings. The van der Waals surface area contributed by atoms with Gasteiger partial charge in [0.15, 0.2) is 11.7 Å². The highest BCUT2D eigenvalue weighted by molar-refractivity contribution is 6.28. The zero-order valence-corrected chi connectivity index (χ0v) is 30.6. The second-order valence-electron chi connectivity index (χ2n) is 14.1. The van der Waals surface area contributed by atoms with Crippen LogP contribution in [0.4, 0.5) is 0 Å². The summed E-state index contributed by atoms with van der Waals surface area (Å²) in [4.78, 5) is 10.4. The van der Waals surface area contributed by atoms with E-state index in [1.807, 2.05) is 37.4 Å². The van der Waals surface area contributed by atoms with Crippen LogP contribution in [0.25, 0.3) is 82.2 Å². The first-order valence-corrected chi connectivity index (χ1v) is 18.9. The lowest BCUT2D eigenvalue weighted by Crippen LogP contribution is -2.20. The molecule has 0 saturated heterocycles. The fourth-order valence-electron chi connectivity index (χ4n) is 8.56. The monoisotopic (exact) mass is 718 g/mol. The van der Waals surface area contributed by atoms with Crippen molar-refractivity contribution in [2.75, 3.05) is 7.05 Å². The fourth-order valence-corrected chi connectivity index (χ4v) is 8.56. The van der Waals surface area contributed by atoms with E-state index >= 15 is 0 Å². The van der Waals surface area contributed by atoms with E-state index in [2.05, 4.69) is 167 Å². The number of furan rings is 1. The molecule has 0 spiro atoms. The molecule has 0 aliphatic heterocycles. The van der Waals surface area contributed by atoms with Crippen molar-refractivity contribution >= 4 is 77.1 Å². The van der Waals surface area contributed by atoms with Gasteiger partial charge in [0.2, 0.25) is 0 Å². The van der Waals surface area contributed by atoms with Gasteiger partial charge < -0.3 is 8.98 Å². The highest BCUT2D eigenvalue weighted by Crippen LogP contribution is 2.42. The Morgan fingerprint density at radius 2 is 1.18 bits per heavy atom. The van der Waals surface area contributed by atoms with E-state index < -0.39 is 0 Å². The third-order valence-electron chi connectivity index (χ3n) is 11.0. The SMILES string of the molecule is CN=C(N=C(c1cc2cc(-c3ccccc3)c3ccccc3c2n1-c1ccccc1)n1c2ccccc2c2c3oc4ccccc4c3ccc21)c1ccccc1. The van der Waals surface area contributed by atoms with E-state index in [1.165, 1.54) is 16.5 Å². The molecule has 11 rings (SSSR count). The normalized spacial score (nSPS) is 12.6. The van der Waals surface area contributed by atoms with Gasteiger partial charge in [-0.1, -0.05) is 140 Å². The molecule has 264 valence electrons. The van der Waals surface area contributed by atoms with Gasteiger partial charge in [-0.05, 0) is 65.0 Å². The largest absolute Gasteiger partial charge is 0.455 e. The Hall–Kier alpha value is -7.50. The number of fused-ring (bicyclic) bond motifs is 10. The molecular formula is C51H34N4O. The number of hydrogen-bond donors (Lipinski definition) is 0. The molecule has 0 atom stereocenters. The Morgan fingerprint density at radius 1 is 0.536 bits per heavy atom. The average molecular weight is 719 g/mol. The number of aliphatic imine (C=N–C) groups is 2. The van der Waals surface area contributed by atoms with Crippen molar-refractivity contribution in [3.05, 3.63) is 199 Å². The lowest BCUT2D eigenvalue weighted by Gasteiger charge is -2.17. The summed E-state index contributed by atoms with van der Waals surface area (Å²) < 4.78 is 11.4. The second kappa shape index (κ2) is 12.8. The van der Waals surface area contributed by atoms with E-state index in [9.17, 15) is 0 Å². The van der Waals surface area contributed by atoms with E-state index in [0.29, 0.717) is 5.84 Å². The summed E-state index contributed by atoms with van der Waals surface area (Å²) in [5.74, 6) is 1.39. The predicted molar refractivity (Wildman–Crippen MR) is 234 cm³/mol.